The third-order valence-electron chi connectivity index (χ3n) is 11.5. The van der Waals surface area contributed by atoms with Gasteiger partial charge in [-0.05, 0) is 79.5 Å². The van der Waals surface area contributed by atoms with Crippen LogP contribution in [0.2, 0.25) is 0 Å². The van der Waals surface area contributed by atoms with Gasteiger partial charge >= 0.3 is 5.97 Å². The molecule has 0 amide bonds. The van der Waals surface area contributed by atoms with Crippen molar-refractivity contribution in [2.45, 2.75) is 51.1 Å². The number of carbonyl (C=O) groups excluding carboxylic acids is 1. The summed E-state index contributed by atoms with van der Waals surface area (Å²) in [5.74, 6) is -0.395. The van der Waals surface area contributed by atoms with Crippen molar-refractivity contribution in [3.05, 3.63) is 149 Å². The van der Waals surface area contributed by atoms with Crippen LogP contribution in [0.3, 0.4) is 0 Å². The van der Waals surface area contributed by atoms with E-state index in [1.54, 1.807) is 6.20 Å². The zero-order valence-electron chi connectivity index (χ0n) is 30.7. The van der Waals surface area contributed by atoms with E-state index in [0.29, 0.717) is 34.0 Å². The maximum atomic E-state index is 16.9. The summed E-state index contributed by atoms with van der Waals surface area (Å²) in [6.45, 7) is 4.06. The minimum atomic E-state index is -0.894. The van der Waals surface area contributed by atoms with Crippen LogP contribution in [0.1, 0.15) is 55.0 Å². The highest BCUT2D eigenvalue weighted by Gasteiger charge is 2.48. The van der Waals surface area contributed by atoms with Crippen molar-refractivity contribution in [2.75, 3.05) is 11.9 Å². The highest BCUT2D eigenvalue weighted by atomic mass is 32.1. The molecule has 55 heavy (non-hydrogen) atoms. The van der Waals surface area contributed by atoms with Crippen molar-refractivity contribution in [1.29, 1.82) is 0 Å². The Morgan fingerprint density at radius 3 is 2.05 bits per heavy atom. The molecule has 0 aliphatic heterocycles. The molecule has 0 saturated heterocycles. The summed E-state index contributed by atoms with van der Waals surface area (Å²) in [6, 6.07) is 34.6. The van der Waals surface area contributed by atoms with Crippen LogP contribution in [0.15, 0.2) is 121 Å². The Balaban J connectivity index is 1.29. The topological polar surface area (TPSA) is 94.8 Å². The maximum Gasteiger partial charge on any atom is 0.311 e. The lowest BCUT2D eigenvalue weighted by Gasteiger charge is -2.47. The smallest absolute Gasteiger partial charge is 0.311 e. The highest BCUT2D eigenvalue weighted by molar-refractivity contribution is 7.13. The van der Waals surface area contributed by atoms with Gasteiger partial charge in [-0.1, -0.05) is 97.1 Å². The van der Waals surface area contributed by atoms with Gasteiger partial charge in [-0.3, -0.25) is 9.78 Å². The summed E-state index contributed by atoms with van der Waals surface area (Å²) in [6.07, 6.45) is 7.64. The molecule has 4 aromatic heterocycles. The van der Waals surface area contributed by atoms with Crippen molar-refractivity contribution < 1.29 is 13.9 Å². The predicted octanol–water partition coefficient (Wildman–Crippen LogP) is 9.68. The Morgan fingerprint density at radius 1 is 0.855 bits per heavy atom. The van der Waals surface area contributed by atoms with Crippen LogP contribution in [0.25, 0.3) is 33.1 Å². The molecule has 10 heteroatoms. The van der Waals surface area contributed by atoms with Gasteiger partial charge < -0.3 is 14.6 Å². The van der Waals surface area contributed by atoms with Crippen LogP contribution >= 0.6 is 11.3 Å². The van der Waals surface area contributed by atoms with Crippen molar-refractivity contribution in [1.82, 2.24) is 24.5 Å². The zero-order chi connectivity index (χ0) is 37.5. The third kappa shape index (κ3) is 5.99. The first-order valence-corrected chi connectivity index (χ1v) is 19.9. The number of anilines is 1. The molecule has 7 aromatic rings. The van der Waals surface area contributed by atoms with E-state index in [1.807, 2.05) is 55.8 Å². The number of aromatic nitrogens is 5. The van der Waals surface area contributed by atoms with Gasteiger partial charge in [-0.2, -0.15) is 0 Å². The lowest BCUT2D eigenvalue weighted by molar-refractivity contribution is -0.154. The number of thiophene rings is 1. The van der Waals surface area contributed by atoms with E-state index in [2.05, 4.69) is 82.7 Å². The minimum Gasteiger partial charge on any atom is -0.466 e. The molecule has 0 radical (unpaired) electrons. The molecular weight excluding hydrogens is 708 g/mol. The first-order valence-electron chi connectivity index (χ1n) is 19.0. The summed E-state index contributed by atoms with van der Waals surface area (Å²) in [4.78, 5) is 34.2. The zero-order valence-corrected chi connectivity index (χ0v) is 31.5. The van der Waals surface area contributed by atoms with Gasteiger partial charge in [0.15, 0.2) is 23.1 Å². The van der Waals surface area contributed by atoms with Gasteiger partial charge in [0, 0.05) is 18.4 Å². The molecule has 0 unspecified atom stereocenters. The number of nitrogens with zero attached hydrogens (tertiary/aromatic N) is 5. The van der Waals surface area contributed by atoms with Crippen molar-refractivity contribution >= 4 is 34.3 Å². The number of halogens is 1. The highest BCUT2D eigenvalue weighted by Crippen LogP contribution is 2.48. The van der Waals surface area contributed by atoms with Crippen molar-refractivity contribution in [3.63, 3.8) is 0 Å². The quantitative estimate of drug-likeness (QED) is 0.110. The molecule has 2 bridgehead atoms. The molecule has 2 atom stereocenters. The number of carbonyl (C=O) groups is 1. The van der Waals surface area contributed by atoms with E-state index in [9.17, 15) is 4.79 Å². The molecule has 3 aliphatic carbocycles. The number of ether oxygens (including phenoxy) is 1. The average molecular weight is 749 g/mol. The third-order valence-corrected chi connectivity index (χ3v) is 12.4. The SMILES string of the molecule is CCOC(=O)[C@H]1C2CCC(CC2)[C@@H]1Nc1nc(-c2cn(C(c3ccccc3)(c3ccccc3)c3ccccc3)c3nc(C)cnc23)nc(-c2cccs2)c1F. The Bertz CT molecular complexity index is 2350. The number of nitrogens with one attached hydrogen (secondary N) is 1. The summed E-state index contributed by atoms with van der Waals surface area (Å²) in [7, 11) is 0. The van der Waals surface area contributed by atoms with Crippen LogP contribution < -0.4 is 5.32 Å². The molecule has 8 nitrogen and oxygen atoms in total. The van der Waals surface area contributed by atoms with E-state index in [4.69, 9.17) is 24.7 Å². The minimum absolute atomic E-state index is 0.0710. The second-order valence-electron chi connectivity index (χ2n) is 14.6. The number of fused-ring (bicyclic) bond motifs is 4. The molecule has 3 saturated carbocycles. The molecule has 276 valence electrons. The van der Waals surface area contributed by atoms with Gasteiger partial charge in [0.2, 0.25) is 0 Å². The summed E-state index contributed by atoms with van der Waals surface area (Å²) in [5.41, 5.74) is 4.97. The second-order valence-corrected chi connectivity index (χ2v) is 15.5. The molecule has 3 aliphatic rings. The van der Waals surface area contributed by atoms with Crippen LogP contribution in [0, 0.1) is 30.5 Å². The van der Waals surface area contributed by atoms with E-state index in [-0.39, 0.29) is 41.3 Å². The summed E-state index contributed by atoms with van der Waals surface area (Å²) >= 11 is 1.41. The van der Waals surface area contributed by atoms with E-state index in [0.717, 1.165) is 48.1 Å². The summed E-state index contributed by atoms with van der Waals surface area (Å²) in [5, 5.41) is 5.40. The largest absolute Gasteiger partial charge is 0.466 e. The Kier molecular flexibility index (Phi) is 9.22. The Hall–Kier alpha value is -5.74. The number of aryl methyl sites for hydroxylation is 1. The first kappa shape index (κ1) is 35.0. The second kappa shape index (κ2) is 14.5. The monoisotopic (exact) mass is 748 g/mol. The van der Waals surface area contributed by atoms with Crippen molar-refractivity contribution in [2.24, 2.45) is 17.8 Å². The van der Waals surface area contributed by atoms with E-state index >= 15 is 4.39 Å². The van der Waals surface area contributed by atoms with Crippen molar-refractivity contribution in [3.8, 4) is 22.0 Å². The average Bonchev–Trinajstić information content (AvgIpc) is 3.90. The lowest BCUT2D eigenvalue weighted by Crippen LogP contribution is -2.52. The standard InChI is InChI=1S/C45H41FN6O2S/c1-3-54-44(53)36-29-21-23-30(24-22-29)38(36)49-42-37(46)40(35-20-13-25-55-35)50-41(51-42)34-27-52(43-39(34)47-26-28(2)48-43)45(31-14-7-4-8-15-31,32-16-9-5-10-17-32)33-18-11-6-12-19-33/h4-20,25-27,29-30,36,38H,3,21-24H2,1-2H3,(H,49,50,51)/t29?,30?,36-,38-/m0/s1. The maximum absolute atomic E-state index is 16.9. The fourth-order valence-electron chi connectivity index (χ4n) is 9.08. The molecule has 1 N–H and O–H groups in total. The number of benzene rings is 3. The molecule has 0 spiro atoms. The predicted molar refractivity (Wildman–Crippen MR) is 214 cm³/mol. The number of rotatable bonds is 10. The molecule has 10 rings (SSSR count). The van der Waals surface area contributed by atoms with Gasteiger partial charge in [0.25, 0.3) is 0 Å². The van der Waals surface area contributed by atoms with E-state index < -0.39 is 11.4 Å². The van der Waals surface area contributed by atoms with Gasteiger partial charge in [0.1, 0.15) is 16.7 Å². The Morgan fingerprint density at radius 2 is 1.47 bits per heavy atom. The normalized spacial score (nSPS) is 19.4. The number of hydrogen-bond donors (Lipinski definition) is 1. The molecule has 4 heterocycles. The van der Waals surface area contributed by atoms with Gasteiger partial charge in [-0.25, -0.2) is 19.3 Å². The van der Waals surface area contributed by atoms with E-state index in [1.165, 1.54) is 11.3 Å². The van der Waals surface area contributed by atoms with Crippen LogP contribution in [0.5, 0.6) is 0 Å². The van der Waals surface area contributed by atoms with Crippen LogP contribution in [-0.2, 0) is 15.1 Å². The fourth-order valence-corrected chi connectivity index (χ4v) is 9.79. The molecular formula is C45H41FN6O2S. The summed E-state index contributed by atoms with van der Waals surface area (Å²) < 4.78 is 24.7. The number of esters is 1. The Labute approximate surface area is 323 Å². The van der Waals surface area contributed by atoms with Gasteiger partial charge in [-0.15, -0.1) is 11.3 Å². The fraction of sp³-hybridized carbons (Fsp3) is 0.267. The lowest BCUT2D eigenvalue weighted by atomic mass is 9.61. The molecule has 3 fully saturated rings. The number of hydrogen-bond acceptors (Lipinski definition) is 8. The first-order chi connectivity index (χ1) is 27.0. The van der Waals surface area contributed by atoms with Gasteiger partial charge in [0.05, 0.1) is 28.7 Å². The van der Waals surface area contributed by atoms with Crippen LogP contribution in [-0.4, -0.2) is 43.1 Å². The van der Waals surface area contributed by atoms with Crippen LogP contribution in [0.4, 0.5) is 10.2 Å². The molecule has 3 aromatic carbocycles.